The average Bonchev–Trinajstić information content (AvgIpc) is 2.85. The first-order chi connectivity index (χ1) is 15.7. The van der Waals surface area contributed by atoms with Crippen molar-refractivity contribution in [2.24, 2.45) is 0 Å². The summed E-state index contributed by atoms with van der Waals surface area (Å²) in [5.41, 5.74) is 5.88. The zero-order valence-corrected chi connectivity index (χ0v) is 19.0. The van der Waals surface area contributed by atoms with Crippen LogP contribution in [0.4, 0.5) is 0 Å². The lowest BCUT2D eigenvalue weighted by Crippen LogP contribution is -2.44. The monoisotopic (exact) mass is 438 g/mol. The highest BCUT2D eigenvalue weighted by atomic mass is 16.5. The van der Waals surface area contributed by atoms with Crippen LogP contribution in [0.2, 0.25) is 0 Å². The van der Waals surface area contributed by atoms with E-state index in [0.29, 0.717) is 5.88 Å². The lowest BCUT2D eigenvalue weighted by molar-refractivity contribution is 0.0466. The van der Waals surface area contributed by atoms with Gasteiger partial charge >= 0.3 is 0 Å². The van der Waals surface area contributed by atoms with Crippen LogP contribution in [0.25, 0.3) is 11.1 Å². The van der Waals surface area contributed by atoms with Crippen molar-refractivity contribution < 1.29 is 9.47 Å². The van der Waals surface area contributed by atoms with Crippen LogP contribution in [0.5, 0.6) is 11.6 Å². The quantitative estimate of drug-likeness (QED) is 0.375. The summed E-state index contributed by atoms with van der Waals surface area (Å²) in [6.45, 7) is 0. The number of nitrogens with zero attached hydrogens (tertiary/aromatic N) is 1. The van der Waals surface area contributed by atoms with E-state index in [4.69, 9.17) is 9.47 Å². The van der Waals surface area contributed by atoms with Gasteiger partial charge in [0, 0.05) is 36.2 Å². The van der Waals surface area contributed by atoms with Crippen LogP contribution >= 0.6 is 0 Å². The molecule has 33 heavy (non-hydrogen) atoms. The molecule has 4 heteroatoms. The lowest BCUT2D eigenvalue weighted by atomic mass is 9.80. The van der Waals surface area contributed by atoms with Gasteiger partial charge in [0.15, 0.2) is 0 Å². The Morgan fingerprint density at radius 3 is 2.06 bits per heavy atom. The molecule has 0 aliphatic carbocycles. The highest BCUT2D eigenvalue weighted by Crippen LogP contribution is 2.41. The largest absolute Gasteiger partial charge is 0.486 e. The smallest absolute Gasteiger partial charge is 0.212 e. The van der Waals surface area contributed by atoms with Crippen LogP contribution in [0, 0.1) is 0 Å². The molecular formula is C29H30N2O2. The second kappa shape index (κ2) is 9.88. The minimum atomic E-state index is -0.271. The fourth-order valence-electron chi connectivity index (χ4n) is 4.73. The molecule has 0 atom stereocenters. The van der Waals surface area contributed by atoms with Crippen molar-refractivity contribution in [3.05, 3.63) is 114 Å². The van der Waals surface area contributed by atoms with Crippen molar-refractivity contribution in [3.63, 3.8) is 0 Å². The average molecular weight is 439 g/mol. The summed E-state index contributed by atoms with van der Waals surface area (Å²) in [5.74, 6) is 1.61. The van der Waals surface area contributed by atoms with Crippen molar-refractivity contribution in [1.82, 2.24) is 11.1 Å². The van der Waals surface area contributed by atoms with Gasteiger partial charge in [0.25, 0.3) is 0 Å². The van der Waals surface area contributed by atoms with Crippen LogP contribution in [0.15, 0.2) is 97.2 Å². The van der Waals surface area contributed by atoms with E-state index in [0.717, 1.165) is 37.0 Å². The second-order valence-corrected chi connectivity index (χ2v) is 8.48. The van der Waals surface area contributed by atoms with Crippen LogP contribution in [0.1, 0.15) is 23.1 Å². The Morgan fingerprint density at radius 1 is 0.818 bits per heavy atom. The van der Waals surface area contributed by atoms with Gasteiger partial charge in [-0.3, -0.25) is 0 Å². The van der Waals surface area contributed by atoms with Crippen LogP contribution in [-0.2, 0) is 19.3 Å². The molecule has 1 aromatic heterocycles. The molecule has 0 saturated heterocycles. The third-order valence-corrected chi connectivity index (χ3v) is 6.28. The standard InChI is InChI=1S/C29H27NO2.H3N/c1-31-28-16-15-24(21-30-28)25-13-8-14-27-26(25)17-18-29(32-27,19-22-9-4-2-5-10-22)20-23-11-6-3-7-12-23;/h2-16,21H,17-20H2,1H3;1H3. The van der Waals surface area contributed by atoms with Crippen molar-refractivity contribution >= 4 is 0 Å². The highest BCUT2D eigenvalue weighted by molar-refractivity contribution is 5.70. The van der Waals surface area contributed by atoms with Gasteiger partial charge < -0.3 is 15.6 Å². The summed E-state index contributed by atoms with van der Waals surface area (Å²) in [6, 6.07) is 31.7. The first-order valence-electron chi connectivity index (χ1n) is 11.1. The summed E-state index contributed by atoms with van der Waals surface area (Å²) in [6.07, 6.45) is 5.58. The summed E-state index contributed by atoms with van der Waals surface area (Å²) < 4.78 is 12.1. The topological polar surface area (TPSA) is 66.3 Å². The van der Waals surface area contributed by atoms with E-state index in [1.54, 1.807) is 7.11 Å². The van der Waals surface area contributed by atoms with Crippen molar-refractivity contribution in [1.29, 1.82) is 0 Å². The molecule has 1 aliphatic rings. The van der Waals surface area contributed by atoms with E-state index in [9.17, 15) is 0 Å². The van der Waals surface area contributed by atoms with Gasteiger partial charge in [0.05, 0.1) is 7.11 Å². The van der Waals surface area contributed by atoms with E-state index >= 15 is 0 Å². The second-order valence-electron chi connectivity index (χ2n) is 8.48. The fourth-order valence-corrected chi connectivity index (χ4v) is 4.73. The van der Waals surface area contributed by atoms with Gasteiger partial charge in [-0.2, -0.15) is 0 Å². The van der Waals surface area contributed by atoms with Crippen molar-refractivity contribution in [3.8, 4) is 22.8 Å². The summed E-state index contributed by atoms with van der Waals surface area (Å²) >= 11 is 0. The van der Waals surface area contributed by atoms with Crippen molar-refractivity contribution in [2.45, 2.75) is 31.3 Å². The van der Waals surface area contributed by atoms with Gasteiger partial charge in [0.1, 0.15) is 11.4 Å². The zero-order chi connectivity index (χ0) is 21.8. The predicted octanol–water partition coefficient (Wildman–Crippen LogP) is 6.47. The first-order valence-corrected chi connectivity index (χ1v) is 11.1. The van der Waals surface area contributed by atoms with Crippen LogP contribution in [0.3, 0.4) is 0 Å². The van der Waals surface area contributed by atoms with Gasteiger partial charge in [-0.15, -0.1) is 0 Å². The molecular weight excluding hydrogens is 408 g/mol. The Balaban J connectivity index is 0.00000259. The number of aromatic nitrogens is 1. The molecule has 4 nitrogen and oxygen atoms in total. The normalized spacial score (nSPS) is 13.8. The van der Waals surface area contributed by atoms with E-state index in [-0.39, 0.29) is 11.8 Å². The van der Waals surface area contributed by atoms with Gasteiger partial charge in [-0.05, 0) is 41.7 Å². The minimum Gasteiger partial charge on any atom is -0.486 e. The van der Waals surface area contributed by atoms with E-state index in [1.165, 1.54) is 22.3 Å². The first kappa shape index (κ1) is 22.6. The minimum absolute atomic E-state index is 0. The van der Waals surface area contributed by atoms with E-state index in [2.05, 4.69) is 89.9 Å². The lowest BCUT2D eigenvalue weighted by Gasteiger charge is -2.40. The third-order valence-electron chi connectivity index (χ3n) is 6.28. The van der Waals surface area contributed by atoms with Gasteiger partial charge in [-0.25, -0.2) is 4.98 Å². The summed E-state index contributed by atoms with van der Waals surface area (Å²) in [4.78, 5) is 4.40. The highest BCUT2D eigenvalue weighted by Gasteiger charge is 2.37. The fraction of sp³-hybridized carbons (Fsp3) is 0.207. The molecule has 2 heterocycles. The van der Waals surface area contributed by atoms with Crippen molar-refractivity contribution in [2.75, 3.05) is 7.11 Å². The molecule has 0 amide bonds. The molecule has 168 valence electrons. The number of methoxy groups -OCH3 is 1. The zero-order valence-electron chi connectivity index (χ0n) is 19.0. The molecule has 0 radical (unpaired) electrons. The predicted molar refractivity (Wildman–Crippen MR) is 133 cm³/mol. The molecule has 4 aromatic rings. The molecule has 1 aliphatic heterocycles. The SMILES string of the molecule is COc1ccc(-c2cccc3c2CCC(Cc2ccccc2)(Cc2ccccc2)O3)cn1.N. The number of benzene rings is 3. The Labute approximate surface area is 195 Å². The molecule has 0 fully saturated rings. The van der Waals surface area contributed by atoms with Crippen LogP contribution in [-0.4, -0.2) is 17.7 Å². The van der Waals surface area contributed by atoms with Crippen LogP contribution < -0.4 is 15.6 Å². The number of rotatable bonds is 6. The van der Waals surface area contributed by atoms with Gasteiger partial charge in [0.2, 0.25) is 5.88 Å². The number of hydrogen-bond acceptors (Lipinski definition) is 4. The molecule has 3 aromatic carbocycles. The Hall–Kier alpha value is -3.63. The Bertz CT molecular complexity index is 1130. The maximum absolute atomic E-state index is 6.89. The molecule has 0 saturated carbocycles. The number of hydrogen-bond donors (Lipinski definition) is 1. The molecule has 5 rings (SSSR count). The maximum atomic E-state index is 6.89. The summed E-state index contributed by atoms with van der Waals surface area (Å²) in [7, 11) is 1.64. The third kappa shape index (κ3) is 4.91. The molecule has 0 spiro atoms. The summed E-state index contributed by atoms with van der Waals surface area (Å²) in [5, 5.41) is 0. The van der Waals surface area contributed by atoms with Gasteiger partial charge in [-0.1, -0.05) is 72.8 Å². The van der Waals surface area contributed by atoms with E-state index < -0.39 is 0 Å². The Morgan fingerprint density at radius 2 is 1.48 bits per heavy atom. The number of pyridine rings is 1. The molecule has 3 N–H and O–H groups in total. The van der Waals surface area contributed by atoms with E-state index in [1.807, 2.05) is 12.3 Å². The number of ether oxygens (including phenoxy) is 2. The maximum Gasteiger partial charge on any atom is 0.212 e. The molecule has 0 unspecified atom stereocenters. The Kier molecular flexibility index (Phi) is 6.76. The molecule has 0 bridgehead atoms. The number of fused-ring (bicyclic) bond motifs is 1.